The van der Waals surface area contributed by atoms with E-state index in [2.05, 4.69) is 10.6 Å². The van der Waals surface area contributed by atoms with Crippen LogP contribution in [0.2, 0.25) is 0 Å². The van der Waals surface area contributed by atoms with Crippen LogP contribution < -0.4 is 10.6 Å². The molecule has 0 bridgehead atoms. The molecule has 20 heavy (non-hydrogen) atoms. The molecule has 0 spiro atoms. The lowest BCUT2D eigenvalue weighted by Crippen LogP contribution is -2.46. The summed E-state index contributed by atoms with van der Waals surface area (Å²) in [4.78, 5) is 23.5. The number of alkyl carbamates (subject to hydrolysis) is 1. The van der Waals surface area contributed by atoms with E-state index in [9.17, 15) is 9.59 Å². The molecule has 6 nitrogen and oxygen atoms in total. The lowest BCUT2D eigenvalue weighted by atomic mass is 9.92. The van der Waals surface area contributed by atoms with E-state index in [1.165, 1.54) is 7.11 Å². The van der Waals surface area contributed by atoms with Crippen molar-refractivity contribution < 1.29 is 19.1 Å². The Morgan fingerprint density at radius 1 is 1.40 bits per heavy atom. The maximum Gasteiger partial charge on any atom is 0.408 e. The SMILES string of the molecule is COC(=O)[C@H](CC1CCCNC1)NC(=O)OC(C)(C)C. The topological polar surface area (TPSA) is 76.7 Å². The van der Waals surface area contributed by atoms with Gasteiger partial charge in [-0.1, -0.05) is 0 Å². The second kappa shape index (κ2) is 7.47. The first kappa shape index (κ1) is 16.8. The summed E-state index contributed by atoms with van der Waals surface area (Å²) in [6.45, 7) is 7.22. The van der Waals surface area contributed by atoms with E-state index in [0.717, 1.165) is 25.9 Å². The van der Waals surface area contributed by atoms with Crippen LogP contribution in [-0.2, 0) is 14.3 Å². The van der Waals surface area contributed by atoms with Gasteiger partial charge in [0.1, 0.15) is 11.6 Å². The summed E-state index contributed by atoms with van der Waals surface area (Å²) in [6, 6.07) is -0.653. The number of hydrogen-bond donors (Lipinski definition) is 2. The average molecular weight is 286 g/mol. The molecule has 1 aliphatic heterocycles. The number of rotatable bonds is 4. The third-order valence-electron chi connectivity index (χ3n) is 3.14. The lowest BCUT2D eigenvalue weighted by Gasteiger charge is -2.27. The van der Waals surface area contributed by atoms with Crippen LogP contribution in [0.1, 0.15) is 40.0 Å². The van der Waals surface area contributed by atoms with Gasteiger partial charge in [-0.2, -0.15) is 0 Å². The zero-order valence-electron chi connectivity index (χ0n) is 12.8. The van der Waals surface area contributed by atoms with Gasteiger partial charge in [0.2, 0.25) is 0 Å². The predicted octanol–water partition coefficient (Wildman–Crippen LogP) is 1.44. The third kappa shape index (κ3) is 6.23. The summed E-state index contributed by atoms with van der Waals surface area (Å²) in [5.41, 5.74) is -0.586. The van der Waals surface area contributed by atoms with Gasteiger partial charge in [-0.3, -0.25) is 0 Å². The van der Waals surface area contributed by atoms with Gasteiger partial charge < -0.3 is 20.1 Å². The zero-order valence-corrected chi connectivity index (χ0v) is 12.8. The fourth-order valence-electron chi connectivity index (χ4n) is 2.26. The van der Waals surface area contributed by atoms with E-state index >= 15 is 0 Å². The minimum Gasteiger partial charge on any atom is -0.467 e. The number of methoxy groups -OCH3 is 1. The Bertz CT molecular complexity index is 333. The van der Waals surface area contributed by atoms with Crippen molar-refractivity contribution in [2.24, 2.45) is 5.92 Å². The molecule has 0 aromatic rings. The molecular weight excluding hydrogens is 260 g/mol. The summed E-state index contributed by atoms with van der Waals surface area (Å²) >= 11 is 0. The number of hydrogen-bond acceptors (Lipinski definition) is 5. The number of nitrogens with one attached hydrogen (secondary N) is 2. The molecule has 1 fully saturated rings. The molecule has 2 N–H and O–H groups in total. The molecule has 6 heteroatoms. The van der Waals surface area contributed by atoms with Gasteiger partial charge in [-0.25, -0.2) is 9.59 Å². The molecule has 1 aliphatic rings. The fourth-order valence-corrected chi connectivity index (χ4v) is 2.26. The minimum atomic E-state index is -0.653. The van der Waals surface area contributed by atoms with Gasteiger partial charge in [0, 0.05) is 0 Å². The molecule has 1 heterocycles. The number of carbonyl (C=O) groups is 2. The van der Waals surface area contributed by atoms with Crippen molar-refractivity contribution >= 4 is 12.1 Å². The van der Waals surface area contributed by atoms with Crippen molar-refractivity contribution in [1.82, 2.24) is 10.6 Å². The number of ether oxygens (including phenoxy) is 2. The van der Waals surface area contributed by atoms with Crippen LogP contribution >= 0.6 is 0 Å². The van der Waals surface area contributed by atoms with Crippen LogP contribution in [0.5, 0.6) is 0 Å². The highest BCUT2D eigenvalue weighted by atomic mass is 16.6. The van der Waals surface area contributed by atoms with Crippen molar-refractivity contribution in [2.45, 2.75) is 51.7 Å². The molecule has 1 rings (SSSR count). The highest BCUT2D eigenvalue weighted by molar-refractivity contribution is 5.81. The van der Waals surface area contributed by atoms with Crippen LogP contribution in [0.3, 0.4) is 0 Å². The van der Waals surface area contributed by atoms with Gasteiger partial charge in [0.15, 0.2) is 0 Å². The quantitative estimate of drug-likeness (QED) is 0.765. The van der Waals surface area contributed by atoms with Crippen LogP contribution in [0, 0.1) is 5.92 Å². The van der Waals surface area contributed by atoms with Gasteiger partial charge in [0.25, 0.3) is 0 Å². The lowest BCUT2D eigenvalue weighted by molar-refractivity contribution is -0.143. The maximum atomic E-state index is 11.8. The summed E-state index contributed by atoms with van der Waals surface area (Å²) in [7, 11) is 1.32. The molecule has 1 amide bonds. The second-order valence-electron chi connectivity index (χ2n) is 6.17. The van der Waals surface area contributed by atoms with Gasteiger partial charge in [-0.15, -0.1) is 0 Å². The van der Waals surface area contributed by atoms with Gasteiger partial charge >= 0.3 is 12.1 Å². The fraction of sp³-hybridized carbons (Fsp3) is 0.857. The monoisotopic (exact) mass is 286 g/mol. The van der Waals surface area contributed by atoms with Crippen molar-refractivity contribution in [3.63, 3.8) is 0 Å². The van der Waals surface area contributed by atoms with Crippen LogP contribution in [0.25, 0.3) is 0 Å². The van der Waals surface area contributed by atoms with Crippen molar-refractivity contribution in [1.29, 1.82) is 0 Å². The summed E-state index contributed by atoms with van der Waals surface area (Å²) in [5, 5.41) is 5.90. The van der Waals surface area contributed by atoms with E-state index in [-0.39, 0.29) is 0 Å². The minimum absolute atomic E-state index is 0.364. The Balaban J connectivity index is 2.55. The first-order chi connectivity index (χ1) is 9.31. The summed E-state index contributed by atoms with van der Waals surface area (Å²) in [6.07, 6.45) is 2.12. The van der Waals surface area contributed by atoms with Crippen molar-refractivity contribution in [2.75, 3.05) is 20.2 Å². The maximum absolute atomic E-state index is 11.8. The third-order valence-corrected chi connectivity index (χ3v) is 3.14. The van der Waals surface area contributed by atoms with E-state index in [0.29, 0.717) is 12.3 Å². The molecule has 0 aliphatic carbocycles. The molecule has 2 atom stereocenters. The Morgan fingerprint density at radius 2 is 2.10 bits per heavy atom. The standard InChI is InChI=1S/C14H26N2O4/c1-14(2,3)20-13(18)16-11(12(17)19-4)8-10-6-5-7-15-9-10/h10-11,15H,5-9H2,1-4H3,(H,16,18)/t10?,11-/m0/s1. The number of carbonyl (C=O) groups excluding carboxylic acids is 2. The zero-order chi connectivity index (χ0) is 15.2. The Morgan fingerprint density at radius 3 is 2.60 bits per heavy atom. The van der Waals surface area contributed by atoms with Crippen molar-refractivity contribution in [3.05, 3.63) is 0 Å². The molecular formula is C14H26N2O4. The highest BCUT2D eigenvalue weighted by Gasteiger charge is 2.28. The first-order valence-corrected chi connectivity index (χ1v) is 7.10. The van der Waals surface area contributed by atoms with E-state index in [1.807, 2.05) is 0 Å². The summed E-state index contributed by atoms with van der Waals surface area (Å²) in [5.74, 6) is -0.0655. The molecule has 1 unspecified atom stereocenters. The number of esters is 1. The normalized spacial score (nSPS) is 20.9. The molecule has 1 saturated heterocycles. The largest absolute Gasteiger partial charge is 0.467 e. The Hall–Kier alpha value is -1.30. The van der Waals surface area contributed by atoms with Crippen LogP contribution in [0.4, 0.5) is 4.79 Å². The molecule has 0 saturated carbocycles. The number of piperidine rings is 1. The molecule has 0 aromatic heterocycles. The molecule has 0 radical (unpaired) electrons. The van der Waals surface area contributed by atoms with Crippen LogP contribution in [0.15, 0.2) is 0 Å². The first-order valence-electron chi connectivity index (χ1n) is 7.10. The molecule has 0 aromatic carbocycles. The van der Waals surface area contributed by atoms with E-state index in [4.69, 9.17) is 9.47 Å². The van der Waals surface area contributed by atoms with Gasteiger partial charge in [-0.05, 0) is 59.0 Å². The van der Waals surface area contributed by atoms with Crippen LogP contribution in [-0.4, -0.2) is 43.9 Å². The second-order valence-corrected chi connectivity index (χ2v) is 6.17. The van der Waals surface area contributed by atoms with Gasteiger partial charge in [0.05, 0.1) is 7.11 Å². The summed E-state index contributed by atoms with van der Waals surface area (Å²) < 4.78 is 9.93. The van der Waals surface area contributed by atoms with E-state index in [1.54, 1.807) is 20.8 Å². The Labute approximate surface area is 120 Å². The Kier molecular flexibility index (Phi) is 6.26. The predicted molar refractivity (Wildman–Crippen MR) is 75.4 cm³/mol. The molecule has 116 valence electrons. The number of amides is 1. The van der Waals surface area contributed by atoms with E-state index < -0.39 is 23.7 Å². The highest BCUT2D eigenvalue weighted by Crippen LogP contribution is 2.17. The van der Waals surface area contributed by atoms with Crippen molar-refractivity contribution in [3.8, 4) is 0 Å². The smallest absolute Gasteiger partial charge is 0.408 e. The average Bonchev–Trinajstić information content (AvgIpc) is 2.36.